The fourth-order valence-electron chi connectivity index (χ4n) is 2.70. The quantitative estimate of drug-likeness (QED) is 0.626. The number of benzene rings is 3. The van der Waals surface area contributed by atoms with Crippen LogP contribution in [-0.2, 0) is 4.79 Å². The molecule has 1 amide bonds. The van der Waals surface area contributed by atoms with Gasteiger partial charge in [-0.15, -0.1) is 0 Å². The Hall–Kier alpha value is -3.60. The largest absolute Gasteiger partial charge is 0.495 e. The molecule has 0 spiro atoms. The van der Waals surface area contributed by atoms with Gasteiger partial charge >= 0.3 is 0 Å². The van der Waals surface area contributed by atoms with Crippen LogP contribution in [0.15, 0.2) is 78.9 Å². The molecule has 3 rings (SSSR count). The summed E-state index contributed by atoms with van der Waals surface area (Å²) in [5, 5.41) is 5.85. The zero-order valence-electron chi connectivity index (χ0n) is 14.9. The highest BCUT2D eigenvalue weighted by Crippen LogP contribution is 2.23. The Morgan fingerprint density at radius 2 is 1.44 bits per heavy atom. The molecule has 5 heteroatoms. The first-order chi connectivity index (χ1) is 13.2. The summed E-state index contributed by atoms with van der Waals surface area (Å²) in [6.07, 6.45) is 0. The normalized spacial score (nSPS) is 10.1. The number of carbonyl (C=O) groups excluding carboxylic acids is 2. The molecule has 0 aliphatic rings. The second kappa shape index (κ2) is 8.67. The van der Waals surface area contributed by atoms with E-state index in [4.69, 9.17) is 4.74 Å². The third-order valence-electron chi connectivity index (χ3n) is 4.03. The third kappa shape index (κ3) is 4.52. The van der Waals surface area contributed by atoms with Gasteiger partial charge in [0.05, 0.1) is 25.0 Å². The molecule has 0 unspecified atom stereocenters. The van der Waals surface area contributed by atoms with Crippen molar-refractivity contribution in [2.45, 2.75) is 0 Å². The molecule has 0 aromatic heterocycles. The highest BCUT2D eigenvalue weighted by Gasteiger charge is 2.14. The Balaban J connectivity index is 1.71. The highest BCUT2D eigenvalue weighted by molar-refractivity contribution is 6.14. The van der Waals surface area contributed by atoms with Crippen molar-refractivity contribution in [3.05, 3.63) is 90.0 Å². The maximum atomic E-state index is 12.7. The molecule has 3 aromatic rings. The van der Waals surface area contributed by atoms with Crippen molar-refractivity contribution in [2.24, 2.45) is 0 Å². The summed E-state index contributed by atoms with van der Waals surface area (Å²) in [5.41, 5.74) is 2.24. The van der Waals surface area contributed by atoms with E-state index in [2.05, 4.69) is 10.6 Å². The van der Waals surface area contributed by atoms with E-state index in [0.717, 1.165) is 5.69 Å². The van der Waals surface area contributed by atoms with Crippen LogP contribution in [0, 0.1) is 0 Å². The predicted octanol–water partition coefficient (Wildman–Crippen LogP) is 3.98. The van der Waals surface area contributed by atoms with Crippen molar-refractivity contribution in [1.82, 2.24) is 0 Å². The third-order valence-corrected chi connectivity index (χ3v) is 4.03. The highest BCUT2D eigenvalue weighted by atomic mass is 16.5. The first kappa shape index (κ1) is 18.2. The summed E-state index contributed by atoms with van der Waals surface area (Å²) in [5.74, 6) is 0.267. The smallest absolute Gasteiger partial charge is 0.243 e. The number of hydrogen-bond acceptors (Lipinski definition) is 4. The van der Waals surface area contributed by atoms with Crippen LogP contribution < -0.4 is 15.4 Å². The van der Waals surface area contributed by atoms with Crippen molar-refractivity contribution in [2.75, 3.05) is 24.3 Å². The van der Waals surface area contributed by atoms with Gasteiger partial charge in [-0.2, -0.15) is 0 Å². The molecule has 0 saturated carbocycles. The first-order valence-corrected chi connectivity index (χ1v) is 8.54. The predicted molar refractivity (Wildman–Crippen MR) is 106 cm³/mol. The fraction of sp³-hybridized carbons (Fsp3) is 0.0909. The molecular weight excluding hydrogens is 340 g/mol. The van der Waals surface area contributed by atoms with E-state index in [1.807, 2.05) is 42.5 Å². The SMILES string of the molecule is COc1ccccc1NCC(=O)Nc1ccccc1C(=O)c1ccccc1. The minimum absolute atomic E-state index is 0.0498. The van der Waals surface area contributed by atoms with Gasteiger partial charge in [0.25, 0.3) is 0 Å². The summed E-state index contributed by atoms with van der Waals surface area (Å²) in [6, 6.07) is 23.3. The summed E-state index contributed by atoms with van der Waals surface area (Å²) in [7, 11) is 1.58. The van der Waals surface area contributed by atoms with Crippen LogP contribution in [0.1, 0.15) is 15.9 Å². The topological polar surface area (TPSA) is 67.4 Å². The number of methoxy groups -OCH3 is 1. The Labute approximate surface area is 158 Å². The van der Waals surface area contributed by atoms with Crippen molar-refractivity contribution < 1.29 is 14.3 Å². The number of carbonyl (C=O) groups is 2. The van der Waals surface area contributed by atoms with Gasteiger partial charge in [0.15, 0.2) is 5.78 Å². The zero-order valence-corrected chi connectivity index (χ0v) is 14.9. The number of amides is 1. The van der Waals surface area contributed by atoms with E-state index in [1.54, 1.807) is 43.5 Å². The summed E-state index contributed by atoms with van der Waals surface area (Å²) >= 11 is 0. The minimum Gasteiger partial charge on any atom is -0.495 e. The number of ketones is 1. The molecule has 0 bridgehead atoms. The average Bonchev–Trinajstić information content (AvgIpc) is 2.73. The summed E-state index contributed by atoms with van der Waals surface area (Å²) < 4.78 is 5.26. The van der Waals surface area contributed by atoms with Crippen molar-refractivity contribution in [3.63, 3.8) is 0 Å². The summed E-state index contributed by atoms with van der Waals surface area (Å²) in [4.78, 5) is 25.1. The molecule has 0 aliphatic carbocycles. The van der Waals surface area contributed by atoms with E-state index in [9.17, 15) is 9.59 Å². The van der Waals surface area contributed by atoms with Gasteiger partial charge in [-0.25, -0.2) is 0 Å². The molecule has 0 fully saturated rings. The molecule has 5 nitrogen and oxygen atoms in total. The van der Waals surface area contributed by atoms with Gasteiger partial charge in [-0.05, 0) is 24.3 Å². The molecule has 0 aliphatic heterocycles. The van der Waals surface area contributed by atoms with Crippen LogP contribution in [0.25, 0.3) is 0 Å². The summed E-state index contributed by atoms with van der Waals surface area (Å²) in [6.45, 7) is 0.0498. The van der Waals surface area contributed by atoms with Crippen LogP contribution in [0.4, 0.5) is 11.4 Å². The van der Waals surface area contributed by atoms with Gasteiger partial charge in [0, 0.05) is 11.1 Å². The fourth-order valence-corrected chi connectivity index (χ4v) is 2.70. The van der Waals surface area contributed by atoms with Crippen LogP contribution in [0.5, 0.6) is 5.75 Å². The van der Waals surface area contributed by atoms with Gasteiger partial charge in [-0.3, -0.25) is 9.59 Å². The van der Waals surface area contributed by atoms with Crippen molar-refractivity contribution >= 4 is 23.1 Å². The van der Waals surface area contributed by atoms with Gasteiger partial charge in [0.2, 0.25) is 5.91 Å². The van der Waals surface area contributed by atoms with E-state index in [0.29, 0.717) is 22.6 Å². The first-order valence-electron chi connectivity index (χ1n) is 8.54. The molecule has 3 aromatic carbocycles. The Kier molecular flexibility index (Phi) is 5.84. The van der Waals surface area contributed by atoms with Crippen LogP contribution >= 0.6 is 0 Å². The van der Waals surface area contributed by atoms with Crippen LogP contribution in [0.3, 0.4) is 0 Å². The number of nitrogens with one attached hydrogen (secondary N) is 2. The van der Waals surface area contributed by atoms with Crippen LogP contribution in [-0.4, -0.2) is 25.3 Å². The molecule has 0 saturated heterocycles. The molecule has 0 atom stereocenters. The number of rotatable bonds is 7. The number of hydrogen-bond donors (Lipinski definition) is 2. The average molecular weight is 360 g/mol. The number of anilines is 2. The Morgan fingerprint density at radius 1 is 0.815 bits per heavy atom. The molecule has 27 heavy (non-hydrogen) atoms. The van der Waals surface area contributed by atoms with Crippen molar-refractivity contribution in [3.8, 4) is 5.75 Å². The van der Waals surface area contributed by atoms with Crippen molar-refractivity contribution in [1.29, 1.82) is 0 Å². The lowest BCUT2D eigenvalue weighted by molar-refractivity contribution is -0.114. The van der Waals surface area contributed by atoms with Crippen LogP contribution in [0.2, 0.25) is 0 Å². The molecular formula is C22H20N2O3. The number of ether oxygens (including phenoxy) is 1. The minimum atomic E-state index is -0.255. The second-order valence-electron chi connectivity index (χ2n) is 5.84. The van der Waals surface area contributed by atoms with E-state index >= 15 is 0 Å². The Morgan fingerprint density at radius 3 is 2.19 bits per heavy atom. The maximum absolute atomic E-state index is 12.7. The van der Waals surface area contributed by atoms with E-state index < -0.39 is 0 Å². The standard InChI is InChI=1S/C22H20N2O3/c1-27-20-14-8-7-13-19(20)23-15-21(25)24-18-12-6-5-11-17(18)22(26)16-9-3-2-4-10-16/h2-14,23H,15H2,1H3,(H,24,25). The lowest BCUT2D eigenvalue weighted by Gasteiger charge is -2.13. The second-order valence-corrected chi connectivity index (χ2v) is 5.84. The lowest BCUT2D eigenvalue weighted by atomic mass is 10.0. The molecule has 0 radical (unpaired) electrons. The molecule has 2 N–H and O–H groups in total. The lowest BCUT2D eigenvalue weighted by Crippen LogP contribution is -2.23. The van der Waals surface area contributed by atoms with Gasteiger partial charge in [0.1, 0.15) is 5.75 Å². The van der Waals surface area contributed by atoms with E-state index in [1.165, 1.54) is 0 Å². The van der Waals surface area contributed by atoms with Gasteiger partial charge < -0.3 is 15.4 Å². The monoisotopic (exact) mass is 360 g/mol. The zero-order chi connectivity index (χ0) is 19.1. The van der Waals surface area contributed by atoms with Gasteiger partial charge in [-0.1, -0.05) is 54.6 Å². The van der Waals surface area contributed by atoms with E-state index in [-0.39, 0.29) is 18.2 Å². The Bertz CT molecular complexity index is 939. The maximum Gasteiger partial charge on any atom is 0.243 e. The molecule has 0 heterocycles. The molecule has 136 valence electrons. The number of para-hydroxylation sites is 3.